The molecule has 0 aromatic heterocycles. The minimum atomic E-state index is 0.363. The lowest BCUT2D eigenvalue weighted by Crippen LogP contribution is -2.31. The number of benzene rings is 1. The fraction of sp³-hybridized carbons (Fsp3) is 0.600. The molecule has 88 valence electrons. The summed E-state index contributed by atoms with van der Waals surface area (Å²) in [7, 11) is 0. The van der Waals surface area contributed by atoms with Gasteiger partial charge in [-0.2, -0.15) is 0 Å². The maximum Gasteiger partial charge on any atom is 0.0348 e. The van der Waals surface area contributed by atoms with Crippen molar-refractivity contribution in [2.24, 2.45) is 11.3 Å². The Hall–Kier alpha value is -0.820. The molecule has 1 N–H and O–H groups in total. The van der Waals surface area contributed by atoms with Gasteiger partial charge in [0.2, 0.25) is 0 Å². The van der Waals surface area contributed by atoms with Crippen LogP contribution in [0.1, 0.15) is 45.2 Å². The molecule has 2 rings (SSSR count). The van der Waals surface area contributed by atoms with Gasteiger partial charge in [0, 0.05) is 12.6 Å². The Bertz CT molecular complexity index is 319. The van der Waals surface area contributed by atoms with Gasteiger partial charge in [-0.05, 0) is 29.7 Å². The van der Waals surface area contributed by atoms with Crippen LogP contribution in [-0.2, 0) is 0 Å². The van der Waals surface area contributed by atoms with E-state index in [9.17, 15) is 0 Å². The highest BCUT2D eigenvalue weighted by molar-refractivity contribution is 5.21. The van der Waals surface area contributed by atoms with E-state index in [1.807, 2.05) is 0 Å². The number of hydrogen-bond donors (Lipinski definition) is 1. The maximum absolute atomic E-state index is 3.74. The zero-order chi connectivity index (χ0) is 11.6. The van der Waals surface area contributed by atoms with E-state index >= 15 is 0 Å². The van der Waals surface area contributed by atoms with Crippen LogP contribution in [0, 0.1) is 11.3 Å². The van der Waals surface area contributed by atoms with E-state index in [0.29, 0.717) is 11.5 Å². The Kier molecular flexibility index (Phi) is 3.34. The molecule has 1 aromatic rings. The van der Waals surface area contributed by atoms with Crippen LogP contribution in [0.3, 0.4) is 0 Å². The molecule has 1 aliphatic carbocycles. The summed E-state index contributed by atoms with van der Waals surface area (Å²) in [6.07, 6.45) is 2.77. The second-order valence-corrected chi connectivity index (χ2v) is 6.17. The molecule has 0 amide bonds. The molecule has 0 heterocycles. The van der Waals surface area contributed by atoms with E-state index in [1.165, 1.54) is 18.4 Å². The van der Waals surface area contributed by atoms with Crippen LogP contribution in [0.4, 0.5) is 0 Å². The van der Waals surface area contributed by atoms with Crippen LogP contribution in [0.2, 0.25) is 0 Å². The molecule has 1 heteroatoms. The largest absolute Gasteiger partial charge is 0.309 e. The summed E-state index contributed by atoms with van der Waals surface area (Å²) in [4.78, 5) is 0. The summed E-state index contributed by atoms with van der Waals surface area (Å²) in [6.45, 7) is 7.95. The van der Waals surface area contributed by atoms with Crippen LogP contribution in [0.15, 0.2) is 30.3 Å². The molecule has 0 bridgehead atoms. The normalized spacial score (nSPS) is 18.4. The first-order valence-electron chi connectivity index (χ1n) is 6.34. The van der Waals surface area contributed by atoms with Crippen LogP contribution in [-0.4, -0.2) is 6.54 Å². The van der Waals surface area contributed by atoms with Crippen molar-refractivity contribution in [1.29, 1.82) is 0 Å². The zero-order valence-electron chi connectivity index (χ0n) is 10.7. The molecule has 16 heavy (non-hydrogen) atoms. The molecule has 1 atom stereocenters. The summed E-state index contributed by atoms with van der Waals surface area (Å²) in [5.41, 5.74) is 1.82. The summed E-state index contributed by atoms with van der Waals surface area (Å²) in [5.74, 6) is 0.866. The van der Waals surface area contributed by atoms with Crippen LogP contribution in [0.25, 0.3) is 0 Å². The minimum absolute atomic E-state index is 0.363. The van der Waals surface area contributed by atoms with Crippen LogP contribution < -0.4 is 5.32 Å². The summed E-state index contributed by atoms with van der Waals surface area (Å²) < 4.78 is 0. The van der Waals surface area contributed by atoms with Crippen molar-refractivity contribution >= 4 is 0 Å². The van der Waals surface area contributed by atoms with Crippen LogP contribution >= 0.6 is 0 Å². The van der Waals surface area contributed by atoms with Crippen molar-refractivity contribution in [2.45, 2.75) is 39.7 Å². The number of hydrogen-bond acceptors (Lipinski definition) is 1. The SMILES string of the molecule is CC(C)(C)CNC(c1ccccc1)C1CC1. The van der Waals surface area contributed by atoms with Gasteiger partial charge in [-0.15, -0.1) is 0 Å². The predicted molar refractivity (Wildman–Crippen MR) is 69.4 cm³/mol. The molecule has 1 saturated carbocycles. The first kappa shape index (κ1) is 11.7. The Labute approximate surface area is 99.3 Å². The van der Waals surface area contributed by atoms with E-state index in [-0.39, 0.29) is 0 Å². The van der Waals surface area contributed by atoms with Crippen molar-refractivity contribution in [2.75, 3.05) is 6.54 Å². The first-order valence-corrected chi connectivity index (χ1v) is 6.34. The highest BCUT2D eigenvalue weighted by atomic mass is 14.9. The van der Waals surface area contributed by atoms with Gasteiger partial charge in [0.1, 0.15) is 0 Å². The topological polar surface area (TPSA) is 12.0 Å². The third-order valence-corrected chi connectivity index (χ3v) is 3.10. The summed E-state index contributed by atoms with van der Waals surface area (Å²) >= 11 is 0. The van der Waals surface area contributed by atoms with E-state index < -0.39 is 0 Å². The molecule has 1 aliphatic rings. The van der Waals surface area contributed by atoms with Gasteiger partial charge in [-0.3, -0.25) is 0 Å². The van der Waals surface area contributed by atoms with E-state index in [4.69, 9.17) is 0 Å². The van der Waals surface area contributed by atoms with Gasteiger partial charge >= 0.3 is 0 Å². The van der Waals surface area contributed by atoms with E-state index in [0.717, 1.165) is 12.5 Å². The van der Waals surface area contributed by atoms with Crippen molar-refractivity contribution < 1.29 is 0 Å². The van der Waals surface area contributed by atoms with Crippen molar-refractivity contribution in [3.05, 3.63) is 35.9 Å². The second kappa shape index (κ2) is 4.58. The minimum Gasteiger partial charge on any atom is -0.309 e. The average molecular weight is 217 g/mol. The molecular formula is C15H23N. The first-order chi connectivity index (χ1) is 7.56. The monoisotopic (exact) mass is 217 g/mol. The van der Waals surface area contributed by atoms with E-state index in [1.54, 1.807) is 0 Å². The van der Waals surface area contributed by atoms with Crippen molar-refractivity contribution in [3.8, 4) is 0 Å². The third kappa shape index (κ3) is 3.34. The van der Waals surface area contributed by atoms with Gasteiger partial charge in [0.05, 0.1) is 0 Å². The molecule has 1 unspecified atom stereocenters. The Morgan fingerprint density at radius 1 is 1.19 bits per heavy atom. The lowest BCUT2D eigenvalue weighted by Gasteiger charge is -2.25. The Balaban J connectivity index is 2.01. The predicted octanol–water partition coefficient (Wildman–Crippen LogP) is 3.77. The van der Waals surface area contributed by atoms with Crippen LogP contribution in [0.5, 0.6) is 0 Å². The van der Waals surface area contributed by atoms with Gasteiger partial charge in [-0.1, -0.05) is 51.1 Å². The van der Waals surface area contributed by atoms with Gasteiger partial charge in [-0.25, -0.2) is 0 Å². The summed E-state index contributed by atoms with van der Waals surface area (Å²) in [5, 5.41) is 3.74. The van der Waals surface area contributed by atoms with E-state index in [2.05, 4.69) is 56.4 Å². The highest BCUT2D eigenvalue weighted by Gasteiger charge is 2.32. The molecule has 0 spiro atoms. The Morgan fingerprint density at radius 2 is 1.81 bits per heavy atom. The average Bonchev–Trinajstić information content (AvgIpc) is 3.02. The van der Waals surface area contributed by atoms with Gasteiger partial charge < -0.3 is 5.32 Å². The lowest BCUT2D eigenvalue weighted by molar-refractivity contribution is 0.339. The summed E-state index contributed by atoms with van der Waals surface area (Å²) in [6, 6.07) is 11.4. The number of rotatable bonds is 4. The van der Waals surface area contributed by atoms with Crippen molar-refractivity contribution in [3.63, 3.8) is 0 Å². The fourth-order valence-electron chi connectivity index (χ4n) is 2.06. The quantitative estimate of drug-likeness (QED) is 0.809. The standard InChI is InChI=1S/C15H23N/c1-15(2,3)11-16-14(13-9-10-13)12-7-5-4-6-8-12/h4-8,13-14,16H,9-11H2,1-3H3. The molecule has 0 saturated heterocycles. The second-order valence-electron chi connectivity index (χ2n) is 6.17. The van der Waals surface area contributed by atoms with Gasteiger partial charge in [0.25, 0.3) is 0 Å². The molecule has 0 radical (unpaired) electrons. The smallest absolute Gasteiger partial charge is 0.0348 e. The highest BCUT2D eigenvalue weighted by Crippen LogP contribution is 2.41. The molecular weight excluding hydrogens is 194 g/mol. The Morgan fingerprint density at radius 3 is 2.31 bits per heavy atom. The lowest BCUT2D eigenvalue weighted by atomic mass is 9.95. The van der Waals surface area contributed by atoms with Gasteiger partial charge in [0.15, 0.2) is 0 Å². The molecule has 0 aliphatic heterocycles. The zero-order valence-corrected chi connectivity index (χ0v) is 10.7. The third-order valence-electron chi connectivity index (χ3n) is 3.10. The van der Waals surface area contributed by atoms with Crippen molar-refractivity contribution in [1.82, 2.24) is 5.32 Å². The maximum atomic E-state index is 3.74. The molecule has 1 nitrogen and oxygen atoms in total. The molecule has 1 fully saturated rings. The number of nitrogens with one attached hydrogen (secondary N) is 1. The molecule has 1 aromatic carbocycles. The fourth-order valence-corrected chi connectivity index (χ4v) is 2.06.